The second-order valence-corrected chi connectivity index (χ2v) is 12.8. The molecule has 1 saturated carbocycles. The average Bonchev–Trinajstić information content (AvgIpc) is 3.83. The summed E-state index contributed by atoms with van der Waals surface area (Å²) in [6.07, 6.45) is 7.59. The molecule has 0 spiro atoms. The summed E-state index contributed by atoms with van der Waals surface area (Å²) in [7, 11) is 0. The molecular formula is C38H46ClN5O3. The summed E-state index contributed by atoms with van der Waals surface area (Å²) in [6, 6.07) is 25.2. The third kappa shape index (κ3) is 8.62. The Morgan fingerprint density at radius 3 is 2.15 bits per heavy atom. The molecule has 1 fully saturated rings. The molecule has 1 aromatic heterocycles. The van der Waals surface area contributed by atoms with Gasteiger partial charge in [-0.1, -0.05) is 86.1 Å². The first kappa shape index (κ1) is 34.2. The lowest BCUT2D eigenvalue weighted by molar-refractivity contribution is -0.123. The second kappa shape index (κ2) is 16.1. The van der Waals surface area contributed by atoms with Crippen molar-refractivity contribution in [1.29, 1.82) is 0 Å². The van der Waals surface area contributed by atoms with Crippen molar-refractivity contribution >= 4 is 39.9 Å². The van der Waals surface area contributed by atoms with Crippen LogP contribution in [0.5, 0.6) is 11.5 Å². The van der Waals surface area contributed by atoms with E-state index >= 15 is 0 Å². The van der Waals surface area contributed by atoms with Crippen molar-refractivity contribution in [2.24, 2.45) is 17.6 Å². The van der Waals surface area contributed by atoms with E-state index in [9.17, 15) is 4.79 Å². The molecule has 1 atom stereocenters. The van der Waals surface area contributed by atoms with E-state index in [2.05, 4.69) is 96.2 Å². The smallest absolute Gasteiger partial charge is 0.223 e. The maximum atomic E-state index is 12.5. The number of nitrogens with zero attached hydrogens (tertiary/aromatic N) is 3. The predicted octanol–water partition coefficient (Wildman–Crippen LogP) is 7.70. The molecular weight excluding hydrogens is 610 g/mol. The molecule has 1 amide bonds. The lowest BCUT2D eigenvalue weighted by Gasteiger charge is -2.20. The minimum Gasteiger partial charge on any atom is -0.493 e. The first-order valence-corrected chi connectivity index (χ1v) is 16.7. The van der Waals surface area contributed by atoms with Gasteiger partial charge in [-0.15, -0.1) is 17.5 Å². The molecule has 47 heavy (non-hydrogen) atoms. The number of nitrogens with two attached hydrogens (primary N) is 1. The zero-order valence-corrected chi connectivity index (χ0v) is 28.2. The van der Waals surface area contributed by atoms with Gasteiger partial charge in [-0.2, -0.15) is 0 Å². The Morgan fingerprint density at radius 2 is 1.53 bits per heavy atom. The summed E-state index contributed by atoms with van der Waals surface area (Å²) >= 11 is 0. The lowest BCUT2D eigenvalue weighted by Crippen LogP contribution is -2.39. The van der Waals surface area contributed by atoms with E-state index in [4.69, 9.17) is 15.2 Å². The molecule has 0 radical (unpaired) electrons. The highest BCUT2D eigenvalue weighted by atomic mass is 35.5. The fraction of sp³-hybridized carbons (Fsp3) is 0.395. The van der Waals surface area contributed by atoms with E-state index in [1.165, 1.54) is 0 Å². The molecule has 0 saturated heterocycles. The molecule has 8 nitrogen and oxygen atoms in total. The molecule has 9 heteroatoms. The van der Waals surface area contributed by atoms with Crippen molar-refractivity contribution < 1.29 is 14.3 Å². The van der Waals surface area contributed by atoms with Crippen LogP contribution in [0.15, 0.2) is 79.0 Å². The van der Waals surface area contributed by atoms with E-state index in [0.29, 0.717) is 25.6 Å². The van der Waals surface area contributed by atoms with Gasteiger partial charge in [0.25, 0.3) is 0 Å². The van der Waals surface area contributed by atoms with E-state index in [0.717, 1.165) is 88.4 Å². The summed E-state index contributed by atoms with van der Waals surface area (Å²) in [5.41, 5.74) is 8.48. The normalized spacial score (nSPS) is 13.4. The summed E-state index contributed by atoms with van der Waals surface area (Å²) < 4.78 is 14.9. The number of fused-ring (bicyclic) bond motifs is 2. The van der Waals surface area contributed by atoms with Crippen molar-refractivity contribution in [3.05, 3.63) is 84.7 Å². The molecule has 1 aliphatic rings. The molecule has 0 unspecified atom stereocenters. The molecule has 1 aliphatic carbocycles. The van der Waals surface area contributed by atoms with Gasteiger partial charge in [0.2, 0.25) is 5.91 Å². The summed E-state index contributed by atoms with van der Waals surface area (Å²) in [6.45, 7) is 6.53. The highest BCUT2D eigenvalue weighted by Gasteiger charge is 2.31. The van der Waals surface area contributed by atoms with E-state index in [-0.39, 0.29) is 36.9 Å². The second-order valence-electron chi connectivity index (χ2n) is 12.8. The number of aromatic nitrogens is 3. The Labute approximate surface area is 283 Å². The van der Waals surface area contributed by atoms with Gasteiger partial charge in [0, 0.05) is 23.1 Å². The number of carbonyl (C=O) groups excluding carboxylic acids is 1. The van der Waals surface area contributed by atoms with Gasteiger partial charge in [0.05, 0.1) is 19.3 Å². The van der Waals surface area contributed by atoms with Gasteiger partial charge in [-0.25, -0.2) is 0 Å². The Bertz CT molecular complexity index is 1780. The van der Waals surface area contributed by atoms with Crippen molar-refractivity contribution in [3.8, 4) is 22.6 Å². The van der Waals surface area contributed by atoms with Crippen LogP contribution in [0.2, 0.25) is 0 Å². The Hall–Kier alpha value is -4.14. The van der Waals surface area contributed by atoms with Crippen LogP contribution in [0.3, 0.4) is 0 Å². The Morgan fingerprint density at radius 1 is 0.894 bits per heavy atom. The molecule has 0 bridgehead atoms. The first-order valence-electron chi connectivity index (χ1n) is 16.7. The quantitative estimate of drug-likeness (QED) is 0.106. The maximum absolute atomic E-state index is 12.5. The topological polar surface area (TPSA) is 104 Å². The van der Waals surface area contributed by atoms with Crippen LogP contribution in [0.25, 0.3) is 32.7 Å². The summed E-state index contributed by atoms with van der Waals surface area (Å²) in [5.74, 6) is 2.46. The molecule has 0 aliphatic heterocycles. The molecule has 4 aromatic carbocycles. The standard InChI is InChI=1S/C38H45N5O3.ClH/c1-26(2)20-22-45-34-18-16-27-9-3-5-12-32(27)36(34)37-33-13-6-4-10-28(33)17-19-35(37)46-25-31-24-43(42-41-31)23-30(11-7-8-21-39)40-38(44)29-14-15-29;/h3-6,9-10,12-13,16-19,24,26,29-30H,7-8,11,14-15,20-23,25,39H2,1-2H3,(H,40,44);1H/t30-;/m1./s1. The fourth-order valence-corrected chi connectivity index (χ4v) is 5.94. The summed E-state index contributed by atoms with van der Waals surface area (Å²) in [5, 5.41) is 16.5. The highest BCUT2D eigenvalue weighted by molar-refractivity contribution is 6.09. The van der Waals surface area contributed by atoms with Crippen molar-refractivity contribution in [1.82, 2.24) is 20.3 Å². The number of amides is 1. The average molecular weight is 656 g/mol. The third-order valence-electron chi connectivity index (χ3n) is 8.65. The van der Waals surface area contributed by atoms with E-state index in [1.54, 1.807) is 0 Å². The monoisotopic (exact) mass is 655 g/mol. The fourth-order valence-electron chi connectivity index (χ4n) is 5.94. The van der Waals surface area contributed by atoms with Gasteiger partial charge in [0.15, 0.2) is 0 Å². The number of hydrogen-bond acceptors (Lipinski definition) is 6. The minimum atomic E-state index is -0.0114. The zero-order valence-electron chi connectivity index (χ0n) is 27.4. The van der Waals surface area contributed by atoms with Crippen LogP contribution in [0, 0.1) is 11.8 Å². The first-order chi connectivity index (χ1) is 22.5. The number of carbonyl (C=O) groups is 1. The van der Waals surface area contributed by atoms with Crippen molar-refractivity contribution in [3.63, 3.8) is 0 Å². The van der Waals surface area contributed by atoms with Gasteiger partial charge in [-0.05, 0) is 78.2 Å². The molecule has 5 aromatic rings. The zero-order chi connectivity index (χ0) is 31.9. The van der Waals surface area contributed by atoms with Crippen LogP contribution in [0.4, 0.5) is 0 Å². The number of ether oxygens (including phenoxy) is 2. The van der Waals surface area contributed by atoms with Gasteiger partial charge < -0.3 is 20.5 Å². The van der Waals surface area contributed by atoms with E-state index in [1.807, 2.05) is 16.9 Å². The lowest BCUT2D eigenvalue weighted by atomic mass is 9.92. The van der Waals surface area contributed by atoms with Crippen LogP contribution < -0.4 is 20.5 Å². The van der Waals surface area contributed by atoms with Crippen molar-refractivity contribution in [2.45, 2.75) is 71.6 Å². The minimum absolute atomic E-state index is 0. The maximum Gasteiger partial charge on any atom is 0.223 e. The van der Waals surface area contributed by atoms with Crippen LogP contribution in [-0.2, 0) is 17.9 Å². The Balaban J connectivity index is 0.00000433. The van der Waals surface area contributed by atoms with Crippen LogP contribution in [0.1, 0.15) is 58.1 Å². The SMILES string of the molecule is CC(C)CCOc1ccc2ccccc2c1-c1c(OCc2cn(C[C@@H](CCCCN)NC(=O)C3CC3)nn2)ccc2ccccc12.Cl. The number of nitrogens with one attached hydrogen (secondary N) is 1. The van der Waals surface area contributed by atoms with Crippen LogP contribution in [-0.4, -0.2) is 40.1 Å². The number of halogens is 1. The summed E-state index contributed by atoms with van der Waals surface area (Å²) in [4.78, 5) is 12.5. The van der Waals surface area contributed by atoms with Gasteiger partial charge in [0.1, 0.15) is 23.8 Å². The largest absolute Gasteiger partial charge is 0.493 e. The molecule has 1 heterocycles. The van der Waals surface area contributed by atoms with Crippen LogP contribution >= 0.6 is 12.4 Å². The number of hydrogen-bond donors (Lipinski definition) is 2. The number of benzene rings is 4. The molecule has 248 valence electrons. The molecule has 3 N–H and O–H groups in total. The van der Waals surface area contributed by atoms with Crippen molar-refractivity contribution in [2.75, 3.05) is 13.2 Å². The predicted molar refractivity (Wildman–Crippen MR) is 191 cm³/mol. The number of rotatable bonds is 16. The van der Waals surface area contributed by atoms with Gasteiger partial charge >= 0.3 is 0 Å². The number of unbranched alkanes of at least 4 members (excludes halogenated alkanes) is 1. The Kier molecular flexibility index (Phi) is 11.7. The molecule has 6 rings (SSSR count). The van der Waals surface area contributed by atoms with Gasteiger partial charge in [-0.3, -0.25) is 9.48 Å². The third-order valence-corrected chi connectivity index (χ3v) is 8.65. The van der Waals surface area contributed by atoms with E-state index < -0.39 is 0 Å². The highest BCUT2D eigenvalue weighted by Crippen LogP contribution is 2.45.